The van der Waals surface area contributed by atoms with E-state index in [9.17, 15) is 27.9 Å². The van der Waals surface area contributed by atoms with Gasteiger partial charge in [-0.05, 0) is 73.2 Å². The fourth-order valence-electron chi connectivity index (χ4n) is 4.84. The lowest BCUT2D eigenvalue weighted by atomic mass is 9.99. The third-order valence-electron chi connectivity index (χ3n) is 6.75. The van der Waals surface area contributed by atoms with E-state index >= 15 is 0 Å². The van der Waals surface area contributed by atoms with E-state index in [1.54, 1.807) is 30.0 Å². The van der Waals surface area contributed by atoms with Gasteiger partial charge in [-0.1, -0.05) is 56.3 Å². The van der Waals surface area contributed by atoms with E-state index in [1.165, 1.54) is 24.3 Å². The Labute approximate surface area is 251 Å². The summed E-state index contributed by atoms with van der Waals surface area (Å²) in [6.07, 6.45) is -4.30. The van der Waals surface area contributed by atoms with Crippen molar-refractivity contribution >= 4 is 11.8 Å². The fourth-order valence-corrected chi connectivity index (χ4v) is 4.84. The van der Waals surface area contributed by atoms with Gasteiger partial charge in [0, 0.05) is 37.3 Å². The standard InChI is InChI=1S/C33H40F3N3O4/c1-4-14-39(15-5-2)32(42)27-17-23(3)16-26(20-27)31(41)38-29(30(40)22-37-21-24-10-7-6-8-11-24)19-25-12-9-13-28(18-25)43-33(34,35)36/h6-13,16-18,20,29-30,37,40H,4-5,14-15,19,21-22H2,1-3H3,(H,38,41)/t29-,30+/m0/s1. The minimum absolute atomic E-state index is 0.0351. The Hall–Kier alpha value is -3.89. The predicted molar refractivity (Wildman–Crippen MR) is 160 cm³/mol. The Kier molecular flexibility index (Phi) is 12.6. The Balaban J connectivity index is 1.82. The first-order chi connectivity index (χ1) is 20.5. The maximum Gasteiger partial charge on any atom is 0.573 e. The molecule has 0 heterocycles. The summed E-state index contributed by atoms with van der Waals surface area (Å²) in [5, 5.41) is 17.2. The van der Waals surface area contributed by atoms with Gasteiger partial charge in [-0.2, -0.15) is 0 Å². The van der Waals surface area contributed by atoms with Gasteiger partial charge in [-0.15, -0.1) is 13.2 Å². The average Bonchev–Trinajstić information content (AvgIpc) is 2.95. The molecular formula is C33H40F3N3O4. The van der Waals surface area contributed by atoms with Crippen molar-refractivity contribution in [2.75, 3.05) is 19.6 Å². The molecule has 0 aliphatic rings. The summed E-state index contributed by atoms with van der Waals surface area (Å²) in [7, 11) is 0. The molecule has 3 aromatic rings. The number of ether oxygens (including phenoxy) is 1. The summed E-state index contributed by atoms with van der Waals surface area (Å²) in [6.45, 7) is 7.57. The van der Waals surface area contributed by atoms with Crippen LogP contribution in [0.2, 0.25) is 0 Å². The number of aryl methyl sites for hydroxylation is 1. The van der Waals surface area contributed by atoms with Crippen LogP contribution in [0, 0.1) is 6.92 Å². The molecule has 0 saturated carbocycles. The van der Waals surface area contributed by atoms with Crippen molar-refractivity contribution in [2.45, 2.75) is 65.1 Å². The van der Waals surface area contributed by atoms with E-state index in [1.807, 2.05) is 44.2 Å². The van der Waals surface area contributed by atoms with Crippen LogP contribution in [0.3, 0.4) is 0 Å². The molecule has 232 valence electrons. The lowest BCUT2D eigenvalue weighted by Crippen LogP contribution is -2.48. The molecule has 7 nitrogen and oxygen atoms in total. The molecule has 2 amide bonds. The molecule has 0 aromatic heterocycles. The number of carbonyl (C=O) groups excluding carboxylic acids is 2. The number of hydrogen-bond acceptors (Lipinski definition) is 5. The molecule has 10 heteroatoms. The second-order valence-electron chi connectivity index (χ2n) is 10.5. The quantitative estimate of drug-likeness (QED) is 0.210. The largest absolute Gasteiger partial charge is 0.573 e. The number of aliphatic hydroxyl groups excluding tert-OH is 1. The van der Waals surface area contributed by atoms with Crippen LogP contribution in [-0.2, 0) is 13.0 Å². The molecule has 0 aliphatic carbocycles. The van der Waals surface area contributed by atoms with Gasteiger partial charge in [0.05, 0.1) is 12.1 Å². The van der Waals surface area contributed by atoms with E-state index in [2.05, 4.69) is 15.4 Å². The maximum atomic E-state index is 13.5. The number of alkyl halides is 3. The highest BCUT2D eigenvalue weighted by molar-refractivity contribution is 6.00. The molecule has 3 rings (SSSR count). The van der Waals surface area contributed by atoms with Crippen LogP contribution >= 0.6 is 0 Å². The Morgan fingerprint density at radius 1 is 0.907 bits per heavy atom. The third kappa shape index (κ3) is 11.0. The zero-order valence-electron chi connectivity index (χ0n) is 24.8. The number of halogens is 3. The molecule has 3 N–H and O–H groups in total. The first-order valence-electron chi connectivity index (χ1n) is 14.5. The molecule has 0 bridgehead atoms. The van der Waals surface area contributed by atoms with Crippen LogP contribution in [0.25, 0.3) is 0 Å². The van der Waals surface area contributed by atoms with Crippen LogP contribution in [-0.4, -0.2) is 60.0 Å². The number of nitrogens with one attached hydrogen (secondary N) is 2. The monoisotopic (exact) mass is 599 g/mol. The lowest BCUT2D eigenvalue weighted by molar-refractivity contribution is -0.274. The second kappa shape index (κ2) is 16.1. The molecule has 0 fully saturated rings. The van der Waals surface area contributed by atoms with Gasteiger partial charge in [0.25, 0.3) is 11.8 Å². The van der Waals surface area contributed by atoms with Crippen molar-refractivity contribution in [3.63, 3.8) is 0 Å². The summed E-state index contributed by atoms with van der Waals surface area (Å²) in [5.41, 5.74) is 2.81. The normalized spacial score (nSPS) is 12.8. The SMILES string of the molecule is CCCN(CCC)C(=O)c1cc(C)cc(C(=O)N[C@@H](Cc2cccc(OC(F)(F)F)c2)[C@H](O)CNCc2ccccc2)c1. The van der Waals surface area contributed by atoms with Crippen LogP contribution in [0.5, 0.6) is 5.75 Å². The third-order valence-corrected chi connectivity index (χ3v) is 6.75. The van der Waals surface area contributed by atoms with Gasteiger partial charge in [-0.25, -0.2) is 0 Å². The minimum Gasteiger partial charge on any atom is -0.406 e. The molecule has 43 heavy (non-hydrogen) atoms. The van der Waals surface area contributed by atoms with Crippen molar-refractivity contribution in [1.29, 1.82) is 0 Å². The van der Waals surface area contributed by atoms with Gasteiger partial charge in [0.2, 0.25) is 0 Å². The van der Waals surface area contributed by atoms with Crippen LogP contribution in [0.4, 0.5) is 13.2 Å². The van der Waals surface area contributed by atoms with Gasteiger partial charge >= 0.3 is 6.36 Å². The summed E-state index contributed by atoms with van der Waals surface area (Å²) in [6, 6.07) is 19.1. The van der Waals surface area contributed by atoms with Crippen molar-refractivity contribution in [2.24, 2.45) is 0 Å². The minimum atomic E-state index is -4.85. The topological polar surface area (TPSA) is 90.9 Å². The first-order valence-corrected chi connectivity index (χ1v) is 14.5. The highest BCUT2D eigenvalue weighted by Gasteiger charge is 2.31. The number of aliphatic hydroxyl groups is 1. The maximum absolute atomic E-state index is 13.5. The smallest absolute Gasteiger partial charge is 0.406 e. The first kappa shape index (κ1) is 33.6. The Morgan fingerprint density at radius 3 is 2.21 bits per heavy atom. The summed E-state index contributed by atoms with van der Waals surface area (Å²) in [5.74, 6) is -1.06. The van der Waals surface area contributed by atoms with Crippen LogP contribution in [0.1, 0.15) is 64.1 Å². The second-order valence-corrected chi connectivity index (χ2v) is 10.5. The predicted octanol–water partition coefficient (Wildman–Crippen LogP) is 5.65. The highest BCUT2D eigenvalue weighted by atomic mass is 19.4. The molecule has 0 aliphatic heterocycles. The Bertz CT molecular complexity index is 1330. The molecule has 3 aromatic carbocycles. The van der Waals surface area contributed by atoms with Crippen molar-refractivity contribution in [3.8, 4) is 5.75 Å². The van der Waals surface area contributed by atoms with Gasteiger partial charge in [-0.3, -0.25) is 9.59 Å². The number of benzene rings is 3. The number of nitrogens with zero attached hydrogens (tertiary/aromatic N) is 1. The Morgan fingerprint density at radius 2 is 1.56 bits per heavy atom. The molecule has 0 unspecified atom stereocenters. The average molecular weight is 600 g/mol. The number of amides is 2. The van der Waals surface area contributed by atoms with Crippen molar-refractivity contribution in [1.82, 2.24) is 15.5 Å². The molecular weight excluding hydrogens is 559 g/mol. The summed E-state index contributed by atoms with van der Waals surface area (Å²) in [4.78, 5) is 28.5. The van der Waals surface area contributed by atoms with Crippen LogP contribution in [0.15, 0.2) is 72.8 Å². The number of carbonyl (C=O) groups is 2. The van der Waals surface area contributed by atoms with Crippen molar-refractivity contribution in [3.05, 3.63) is 101 Å². The zero-order valence-corrected chi connectivity index (χ0v) is 24.8. The zero-order chi connectivity index (χ0) is 31.4. The molecule has 0 saturated heterocycles. The molecule has 0 radical (unpaired) electrons. The molecule has 0 spiro atoms. The van der Waals surface area contributed by atoms with E-state index in [0.717, 1.165) is 24.0 Å². The van der Waals surface area contributed by atoms with Gasteiger partial charge < -0.3 is 25.4 Å². The number of hydrogen-bond donors (Lipinski definition) is 3. The summed E-state index contributed by atoms with van der Waals surface area (Å²) >= 11 is 0. The number of rotatable bonds is 15. The van der Waals surface area contributed by atoms with E-state index in [4.69, 9.17) is 0 Å². The van der Waals surface area contributed by atoms with E-state index in [0.29, 0.717) is 30.8 Å². The summed E-state index contributed by atoms with van der Waals surface area (Å²) < 4.78 is 42.5. The van der Waals surface area contributed by atoms with Gasteiger partial charge in [0.1, 0.15) is 5.75 Å². The van der Waals surface area contributed by atoms with Crippen LogP contribution < -0.4 is 15.4 Å². The van der Waals surface area contributed by atoms with E-state index < -0.39 is 30.2 Å². The molecule has 2 atom stereocenters. The van der Waals surface area contributed by atoms with Gasteiger partial charge in [0.15, 0.2) is 0 Å². The van der Waals surface area contributed by atoms with Crippen molar-refractivity contribution < 1.29 is 32.6 Å². The van der Waals surface area contributed by atoms with E-state index in [-0.39, 0.29) is 24.4 Å². The highest BCUT2D eigenvalue weighted by Crippen LogP contribution is 2.24. The fraction of sp³-hybridized carbons (Fsp3) is 0.394. The lowest BCUT2D eigenvalue weighted by Gasteiger charge is -2.26.